The van der Waals surface area contributed by atoms with Crippen LogP contribution in [0.4, 0.5) is 22.7 Å². The van der Waals surface area contributed by atoms with Gasteiger partial charge in [-0.2, -0.15) is 5.10 Å². The first-order valence-electron chi connectivity index (χ1n) is 14.4. The molecule has 14 nitrogen and oxygen atoms in total. The summed E-state index contributed by atoms with van der Waals surface area (Å²) in [6.07, 6.45) is 4.05. The molecule has 1 saturated carbocycles. The number of nitro groups is 3. The molecule has 1 aliphatic carbocycles. The topological polar surface area (TPSA) is 175 Å². The van der Waals surface area contributed by atoms with Crippen molar-refractivity contribution in [3.63, 3.8) is 0 Å². The summed E-state index contributed by atoms with van der Waals surface area (Å²) in [5.41, 5.74) is 3.12. The molecular weight excluding hydrogens is 584 g/mol. The van der Waals surface area contributed by atoms with Crippen molar-refractivity contribution < 1.29 is 24.3 Å². The van der Waals surface area contributed by atoms with Crippen LogP contribution >= 0.6 is 0 Å². The molecule has 3 aromatic carbocycles. The smallest absolute Gasteiger partial charge is 0.293 e. The van der Waals surface area contributed by atoms with Crippen LogP contribution in [0.15, 0.2) is 77.4 Å². The van der Waals surface area contributed by atoms with Crippen LogP contribution in [0.5, 0.6) is 0 Å². The second kappa shape index (κ2) is 12.2. The van der Waals surface area contributed by atoms with Crippen molar-refractivity contribution in [1.82, 2.24) is 5.01 Å². The Labute approximate surface area is 256 Å². The summed E-state index contributed by atoms with van der Waals surface area (Å²) >= 11 is 0. The highest BCUT2D eigenvalue weighted by Crippen LogP contribution is 2.45. The molecule has 0 radical (unpaired) electrons. The SMILES string of the molecule is O=C(c1ccc(N2CCOCC2)c([N+](=O)[O-])c1)N1N=C2/C(=C/c3ccc([N+](=O)[O-])cc3)CCC[C@@H]2[C@@H]1c1ccc([N+](=O)[O-])cc1. The van der Waals surface area contributed by atoms with Crippen LogP contribution in [0, 0.1) is 36.3 Å². The van der Waals surface area contributed by atoms with Crippen LogP contribution < -0.4 is 4.90 Å². The number of hydrogen-bond acceptors (Lipinski definition) is 10. The number of anilines is 1. The van der Waals surface area contributed by atoms with Crippen LogP contribution in [0.25, 0.3) is 6.08 Å². The molecule has 2 aliphatic heterocycles. The van der Waals surface area contributed by atoms with Gasteiger partial charge in [0.25, 0.3) is 23.0 Å². The number of nitrogens with zero attached hydrogens (tertiary/aromatic N) is 6. The zero-order valence-corrected chi connectivity index (χ0v) is 24.0. The molecular formula is C31H28N6O8. The number of allylic oxidation sites excluding steroid dienone is 1. The van der Waals surface area contributed by atoms with Gasteiger partial charge in [-0.1, -0.05) is 12.1 Å². The standard InChI is InChI=1S/C31H28N6O8/c38-31(23-8-13-27(28(19-23)37(43)44)33-14-16-45-17-15-33)34-30(21-6-11-25(12-7-21)36(41)42)26-3-1-2-22(29(26)32-34)18-20-4-9-24(10-5-20)35(39)40/h4-13,18-19,26,30H,1-3,14-17H2/b22-18+/t26-,30-/m0/s1. The predicted molar refractivity (Wildman–Crippen MR) is 164 cm³/mol. The highest BCUT2D eigenvalue weighted by atomic mass is 16.6. The first-order chi connectivity index (χ1) is 21.7. The van der Waals surface area contributed by atoms with Crippen LogP contribution in [0.3, 0.4) is 0 Å². The summed E-state index contributed by atoms with van der Waals surface area (Å²) in [6.45, 7) is 1.86. The van der Waals surface area contributed by atoms with Crippen molar-refractivity contribution in [3.8, 4) is 0 Å². The zero-order chi connectivity index (χ0) is 31.7. The van der Waals surface area contributed by atoms with Crippen LogP contribution in [-0.2, 0) is 4.74 Å². The number of rotatable bonds is 7. The third-order valence-electron chi connectivity index (χ3n) is 8.37. The van der Waals surface area contributed by atoms with Crippen molar-refractivity contribution in [2.24, 2.45) is 11.0 Å². The van der Waals surface area contributed by atoms with Crippen molar-refractivity contribution in [3.05, 3.63) is 119 Å². The summed E-state index contributed by atoms with van der Waals surface area (Å²) in [4.78, 5) is 49.1. The van der Waals surface area contributed by atoms with Gasteiger partial charge in [0.05, 0.1) is 39.7 Å². The van der Waals surface area contributed by atoms with Gasteiger partial charge in [0.15, 0.2) is 0 Å². The van der Waals surface area contributed by atoms with Gasteiger partial charge in [-0.25, -0.2) is 5.01 Å². The maximum absolute atomic E-state index is 14.1. The first kappa shape index (κ1) is 29.6. The van der Waals surface area contributed by atoms with E-state index in [4.69, 9.17) is 9.84 Å². The molecule has 45 heavy (non-hydrogen) atoms. The van der Waals surface area contributed by atoms with Crippen LogP contribution in [0.1, 0.15) is 46.8 Å². The Morgan fingerprint density at radius 2 is 1.51 bits per heavy atom. The maximum atomic E-state index is 14.1. The van der Waals surface area contributed by atoms with Gasteiger partial charge in [-0.05, 0) is 66.3 Å². The van der Waals surface area contributed by atoms with E-state index in [0.717, 1.165) is 17.6 Å². The average molecular weight is 613 g/mol. The molecule has 14 heteroatoms. The van der Waals surface area contributed by atoms with E-state index in [1.165, 1.54) is 35.3 Å². The van der Waals surface area contributed by atoms with Crippen LogP contribution in [-0.4, -0.2) is 57.7 Å². The van der Waals surface area contributed by atoms with Crippen molar-refractivity contribution in [2.45, 2.75) is 25.3 Å². The summed E-state index contributed by atoms with van der Waals surface area (Å²) in [7, 11) is 0. The largest absolute Gasteiger partial charge is 0.378 e. The maximum Gasteiger partial charge on any atom is 0.293 e. The van der Waals surface area contributed by atoms with Crippen molar-refractivity contribution in [1.29, 1.82) is 0 Å². The van der Waals surface area contributed by atoms with E-state index in [2.05, 4.69) is 0 Å². The second-order valence-corrected chi connectivity index (χ2v) is 11.0. The minimum atomic E-state index is -0.605. The van der Waals surface area contributed by atoms with Crippen molar-refractivity contribution >= 4 is 40.4 Å². The van der Waals surface area contributed by atoms with E-state index in [1.54, 1.807) is 36.4 Å². The monoisotopic (exact) mass is 612 g/mol. The number of fused-ring (bicyclic) bond motifs is 1. The number of benzene rings is 3. The lowest BCUT2D eigenvalue weighted by atomic mass is 9.77. The lowest BCUT2D eigenvalue weighted by Crippen LogP contribution is -2.36. The average Bonchev–Trinajstić information content (AvgIpc) is 3.45. The van der Waals surface area contributed by atoms with Gasteiger partial charge in [0.2, 0.25) is 0 Å². The summed E-state index contributed by atoms with van der Waals surface area (Å²) in [6, 6.07) is 15.9. The molecule has 1 amide bonds. The summed E-state index contributed by atoms with van der Waals surface area (Å²) in [5, 5.41) is 40.7. The molecule has 3 aliphatic rings. The minimum absolute atomic E-state index is 0.0272. The molecule has 2 heterocycles. The Bertz CT molecular complexity index is 1730. The molecule has 3 aromatic rings. The molecule has 0 aromatic heterocycles. The number of amides is 1. The fraction of sp³-hybridized carbons (Fsp3) is 0.290. The Morgan fingerprint density at radius 3 is 2.13 bits per heavy atom. The highest BCUT2D eigenvalue weighted by molar-refractivity contribution is 6.09. The number of carbonyl (C=O) groups is 1. The van der Waals surface area contributed by atoms with Gasteiger partial charge in [-0.3, -0.25) is 35.1 Å². The summed E-state index contributed by atoms with van der Waals surface area (Å²) < 4.78 is 5.38. The third-order valence-corrected chi connectivity index (χ3v) is 8.37. The Morgan fingerprint density at radius 1 is 0.867 bits per heavy atom. The Kier molecular flexibility index (Phi) is 8.04. The molecule has 2 fully saturated rings. The summed E-state index contributed by atoms with van der Waals surface area (Å²) in [5.74, 6) is -0.775. The van der Waals surface area contributed by atoms with Gasteiger partial charge in [0, 0.05) is 54.9 Å². The van der Waals surface area contributed by atoms with Crippen molar-refractivity contribution in [2.75, 3.05) is 31.2 Å². The quantitative estimate of drug-likeness (QED) is 0.240. The van der Waals surface area contributed by atoms with Crippen LogP contribution in [0.2, 0.25) is 0 Å². The predicted octanol–water partition coefficient (Wildman–Crippen LogP) is 5.68. The molecule has 230 valence electrons. The lowest BCUT2D eigenvalue weighted by Gasteiger charge is -2.30. The fourth-order valence-electron chi connectivity index (χ4n) is 6.19. The minimum Gasteiger partial charge on any atom is -0.378 e. The first-order valence-corrected chi connectivity index (χ1v) is 14.4. The number of morpholine rings is 1. The van der Waals surface area contributed by atoms with E-state index in [0.29, 0.717) is 56.1 Å². The fourth-order valence-corrected chi connectivity index (χ4v) is 6.19. The molecule has 0 bridgehead atoms. The number of hydrogen-bond donors (Lipinski definition) is 0. The number of non-ortho nitro benzene ring substituents is 2. The second-order valence-electron chi connectivity index (χ2n) is 11.0. The number of carbonyl (C=O) groups excluding carboxylic acids is 1. The molecule has 0 N–H and O–H groups in total. The Hall–Kier alpha value is -5.50. The number of nitro benzene ring substituents is 3. The van der Waals surface area contributed by atoms with Gasteiger partial charge < -0.3 is 9.64 Å². The van der Waals surface area contributed by atoms with Gasteiger partial charge >= 0.3 is 0 Å². The molecule has 1 saturated heterocycles. The number of hydrazone groups is 1. The Balaban J connectivity index is 1.40. The van der Waals surface area contributed by atoms with Gasteiger partial charge in [-0.15, -0.1) is 0 Å². The zero-order valence-electron chi connectivity index (χ0n) is 24.0. The van der Waals surface area contributed by atoms with E-state index in [9.17, 15) is 35.1 Å². The molecule has 0 spiro atoms. The number of ether oxygens (including phenoxy) is 1. The molecule has 0 unspecified atom stereocenters. The molecule has 6 rings (SSSR count). The molecule has 2 atom stereocenters. The normalized spacial score (nSPS) is 20.4. The lowest BCUT2D eigenvalue weighted by molar-refractivity contribution is -0.385. The van der Waals surface area contributed by atoms with E-state index in [1.807, 2.05) is 11.0 Å². The van der Waals surface area contributed by atoms with Gasteiger partial charge in [0.1, 0.15) is 5.69 Å². The van der Waals surface area contributed by atoms with E-state index < -0.39 is 26.7 Å². The third kappa shape index (κ3) is 5.87. The van der Waals surface area contributed by atoms with E-state index in [-0.39, 0.29) is 28.5 Å². The van der Waals surface area contributed by atoms with E-state index >= 15 is 0 Å². The highest BCUT2D eigenvalue weighted by Gasteiger charge is 2.44.